The van der Waals surface area contributed by atoms with Crippen LogP contribution in [0.4, 0.5) is 5.69 Å². The van der Waals surface area contributed by atoms with Crippen LogP contribution in [0.25, 0.3) is 0 Å². The van der Waals surface area contributed by atoms with Gasteiger partial charge in [-0.1, -0.05) is 30.9 Å². The Kier molecular flexibility index (Phi) is 9.02. The summed E-state index contributed by atoms with van der Waals surface area (Å²) >= 11 is 0. The van der Waals surface area contributed by atoms with Crippen molar-refractivity contribution in [2.45, 2.75) is 11.8 Å². The zero-order valence-electron chi connectivity index (χ0n) is 19.3. The lowest BCUT2D eigenvalue weighted by Crippen LogP contribution is -2.39. The second-order valence-electron chi connectivity index (χ2n) is 7.21. The first kappa shape index (κ1) is 25.5. The Balaban J connectivity index is 1.75. The SMILES string of the molecule is C=CCOc1ccc(/C=N/NC(=O)CN(c2ccc(OCC)cc2)S(=O)(=O)c2ccccc2)cc1. The molecule has 8 nitrogen and oxygen atoms in total. The topological polar surface area (TPSA) is 97.3 Å². The highest BCUT2D eigenvalue weighted by atomic mass is 32.2. The summed E-state index contributed by atoms with van der Waals surface area (Å²) in [4.78, 5) is 12.7. The molecular formula is C26H27N3O5S. The van der Waals surface area contributed by atoms with E-state index in [0.29, 0.717) is 30.4 Å². The second-order valence-corrected chi connectivity index (χ2v) is 9.08. The van der Waals surface area contributed by atoms with E-state index >= 15 is 0 Å². The monoisotopic (exact) mass is 493 g/mol. The normalized spacial score (nSPS) is 11.1. The zero-order chi connectivity index (χ0) is 25.1. The third-order valence-electron chi connectivity index (χ3n) is 4.70. The standard InChI is InChI=1S/C26H27N3O5S/c1-3-18-34-24-14-10-21(11-15-24)19-27-28-26(30)20-29(22-12-16-23(17-13-22)33-4-2)35(31,32)25-8-6-5-7-9-25/h3,5-17,19H,1,4,18,20H2,2H3,(H,28,30)/b27-19+. The quantitative estimate of drug-likeness (QED) is 0.234. The lowest BCUT2D eigenvalue weighted by atomic mass is 10.2. The maximum absolute atomic E-state index is 13.3. The molecule has 1 N–H and O–H groups in total. The third kappa shape index (κ3) is 7.18. The van der Waals surface area contributed by atoms with E-state index in [1.54, 1.807) is 72.8 Å². The molecule has 3 aromatic rings. The Bertz CT molecular complexity index is 1240. The Morgan fingerprint density at radius 2 is 1.60 bits per heavy atom. The number of nitrogens with zero attached hydrogens (tertiary/aromatic N) is 2. The van der Waals surface area contributed by atoms with Crippen LogP contribution in [-0.4, -0.2) is 40.3 Å². The number of carbonyl (C=O) groups excluding carboxylic acids is 1. The first-order valence-corrected chi connectivity index (χ1v) is 12.3. The van der Waals surface area contributed by atoms with E-state index in [1.165, 1.54) is 18.3 Å². The van der Waals surface area contributed by atoms with Crippen molar-refractivity contribution in [3.8, 4) is 11.5 Å². The average molecular weight is 494 g/mol. The van der Waals surface area contributed by atoms with Gasteiger partial charge in [0.25, 0.3) is 15.9 Å². The van der Waals surface area contributed by atoms with Gasteiger partial charge in [0.1, 0.15) is 24.7 Å². The van der Waals surface area contributed by atoms with Gasteiger partial charge in [-0.3, -0.25) is 9.10 Å². The molecule has 3 rings (SSSR count). The van der Waals surface area contributed by atoms with Gasteiger partial charge in [-0.25, -0.2) is 13.8 Å². The van der Waals surface area contributed by atoms with Crippen molar-refractivity contribution in [2.24, 2.45) is 5.10 Å². The molecule has 3 aromatic carbocycles. The summed E-state index contributed by atoms with van der Waals surface area (Å²) in [5.41, 5.74) is 3.45. The number of hydrazone groups is 1. The first-order chi connectivity index (χ1) is 16.9. The summed E-state index contributed by atoms with van der Waals surface area (Å²) in [7, 11) is -4.01. The molecule has 0 unspecified atom stereocenters. The number of nitrogens with one attached hydrogen (secondary N) is 1. The van der Waals surface area contributed by atoms with Crippen LogP contribution in [0.5, 0.6) is 11.5 Å². The molecule has 0 bridgehead atoms. The minimum absolute atomic E-state index is 0.0731. The van der Waals surface area contributed by atoms with Crippen LogP contribution in [-0.2, 0) is 14.8 Å². The van der Waals surface area contributed by atoms with Crippen molar-refractivity contribution in [2.75, 3.05) is 24.1 Å². The molecule has 0 aliphatic carbocycles. The maximum Gasteiger partial charge on any atom is 0.264 e. The average Bonchev–Trinajstić information content (AvgIpc) is 2.88. The van der Waals surface area contributed by atoms with Gasteiger partial charge in [-0.2, -0.15) is 5.10 Å². The zero-order valence-corrected chi connectivity index (χ0v) is 20.1. The van der Waals surface area contributed by atoms with Gasteiger partial charge in [-0.05, 0) is 73.2 Å². The van der Waals surface area contributed by atoms with Gasteiger partial charge in [0, 0.05) is 0 Å². The summed E-state index contributed by atoms with van der Waals surface area (Å²) in [6.45, 7) is 5.88. The number of rotatable bonds is 12. The Morgan fingerprint density at radius 3 is 2.23 bits per heavy atom. The fourth-order valence-corrected chi connectivity index (χ4v) is 4.50. The maximum atomic E-state index is 13.3. The minimum atomic E-state index is -4.01. The van der Waals surface area contributed by atoms with Crippen molar-refractivity contribution < 1.29 is 22.7 Å². The van der Waals surface area contributed by atoms with Crippen molar-refractivity contribution in [3.05, 3.63) is 97.1 Å². The number of carbonyl (C=O) groups is 1. The van der Waals surface area contributed by atoms with E-state index in [4.69, 9.17) is 9.47 Å². The molecule has 0 saturated heterocycles. The number of sulfonamides is 1. The van der Waals surface area contributed by atoms with Crippen LogP contribution in [0.2, 0.25) is 0 Å². The third-order valence-corrected chi connectivity index (χ3v) is 6.49. The van der Waals surface area contributed by atoms with Crippen LogP contribution < -0.4 is 19.2 Å². The molecule has 1 amide bonds. The molecule has 0 saturated carbocycles. The molecule has 0 fully saturated rings. The molecule has 0 aliphatic rings. The summed E-state index contributed by atoms with van der Waals surface area (Å²) in [6, 6.07) is 21.5. The first-order valence-electron chi connectivity index (χ1n) is 10.9. The molecule has 0 heterocycles. The van der Waals surface area contributed by atoms with Crippen LogP contribution in [0, 0.1) is 0 Å². The number of benzene rings is 3. The fraction of sp³-hybridized carbons (Fsp3) is 0.154. The van der Waals surface area contributed by atoms with Gasteiger partial charge < -0.3 is 9.47 Å². The summed E-state index contributed by atoms with van der Waals surface area (Å²) < 4.78 is 38.6. The number of ether oxygens (including phenoxy) is 2. The van der Waals surface area contributed by atoms with Gasteiger partial charge in [-0.15, -0.1) is 0 Å². The lowest BCUT2D eigenvalue weighted by Gasteiger charge is -2.24. The highest BCUT2D eigenvalue weighted by Crippen LogP contribution is 2.25. The number of hydrogen-bond donors (Lipinski definition) is 1. The Morgan fingerprint density at radius 1 is 0.971 bits per heavy atom. The molecule has 0 radical (unpaired) electrons. The van der Waals surface area contributed by atoms with Crippen molar-refractivity contribution in [1.82, 2.24) is 5.43 Å². The Labute approximate surface area is 205 Å². The van der Waals surface area contributed by atoms with Gasteiger partial charge >= 0.3 is 0 Å². The van der Waals surface area contributed by atoms with Gasteiger partial charge in [0.15, 0.2) is 0 Å². The molecule has 182 valence electrons. The predicted molar refractivity (Wildman–Crippen MR) is 136 cm³/mol. The smallest absolute Gasteiger partial charge is 0.264 e. The molecule has 0 spiro atoms. The van der Waals surface area contributed by atoms with E-state index in [-0.39, 0.29) is 4.90 Å². The lowest BCUT2D eigenvalue weighted by molar-refractivity contribution is -0.119. The van der Waals surface area contributed by atoms with Crippen LogP contribution in [0.1, 0.15) is 12.5 Å². The molecule has 0 aromatic heterocycles. The molecule has 9 heteroatoms. The van der Waals surface area contributed by atoms with E-state index in [1.807, 2.05) is 6.92 Å². The molecule has 35 heavy (non-hydrogen) atoms. The molecule has 0 aliphatic heterocycles. The van der Waals surface area contributed by atoms with E-state index in [0.717, 1.165) is 9.87 Å². The number of hydrogen-bond acceptors (Lipinski definition) is 6. The predicted octanol–water partition coefficient (Wildman–Crippen LogP) is 4.00. The highest BCUT2D eigenvalue weighted by molar-refractivity contribution is 7.92. The van der Waals surface area contributed by atoms with E-state index < -0.39 is 22.5 Å². The van der Waals surface area contributed by atoms with Crippen molar-refractivity contribution in [1.29, 1.82) is 0 Å². The summed E-state index contributed by atoms with van der Waals surface area (Å²) in [6.07, 6.45) is 3.11. The van der Waals surface area contributed by atoms with Crippen LogP contribution in [0.15, 0.2) is 102 Å². The van der Waals surface area contributed by atoms with E-state index in [9.17, 15) is 13.2 Å². The largest absolute Gasteiger partial charge is 0.494 e. The summed E-state index contributed by atoms with van der Waals surface area (Å²) in [5.74, 6) is 0.687. The van der Waals surface area contributed by atoms with E-state index in [2.05, 4.69) is 17.1 Å². The van der Waals surface area contributed by atoms with Crippen LogP contribution in [0.3, 0.4) is 0 Å². The highest BCUT2D eigenvalue weighted by Gasteiger charge is 2.27. The molecule has 0 atom stereocenters. The number of amides is 1. The van der Waals surface area contributed by atoms with Gasteiger partial charge in [0.2, 0.25) is 0 Å². The van der Waals surface area contributed by atoms with Gasteiger partial charge in [0.05, 0.1) is 23.4 Å². The van der Waals surface area contributed by atoms with Crippen molar-refractivity contribution >= 4 is 27.8 Å². The van der Waals surface area contributed by atoms with Crippen molar-refractivity contribution in [3.63, 3.8) is 0 Å². The minimum Gasteiger partial charge on any atom is -0.494 e. The summed E-state index contributed by atoms with van der Waals surface area (Å²) in [5, 5.41) is 3.95. The fourth-order valence-electron chi connectivity index (χ4n) is 3.06. The number of anilines is 1. The molecular weight excluding hydrogens is 466 g/mol. The second kappa shape index (κ2) is 12.4. The Hall–Kier alpha value is -4.11. The van der Waals surface area contributed by atoms with Crippen LogP contribution >= 0.6 is 0 Å².